The highest BCUT2D eigenvalue weighted by Gasteiger charge is 2.34. The van der Waals surface area contributed by atoms with Crippen LogP contribution in [0.4, 0.5) is 17.3 Å². The Balaban J connectivity index is 1.87. The van der Waals surface area contributed by atoms with E-state index in [9.17, 15) is 25.0 Å². The van der Waals surface area contributed by atoms with E-state index < -0.39 is 21.6 Å². The SMILES string of the molecule is O=C1/C(=C\c2ccc([N+](=O)[O-])o2)SC(=S)N1c1ccc([N+](=O)[O-])cc1. The van der Waals surface area contributed by atoms with Gasteiger partial charge in [0.25, 0.3) is 11.6 Å². The van der Waals surface area contributed by atoms with Gasteiger partial charge >= 0.3 is 5.88 Å². The van der Waals surface area contributed by atoms with Gasteiger partial charge in [-0.2, -0.15) is 0 Å². The first-order chi connectivity index (χ1) is 11.9. The Bertz CT molecular complexity index is 934. The Morgan fingerprint density at radius 2 is 1.76 bits per heavy atom. The number of benzene rings is 1. The van der Waals surface area contributed by atoms with Crippen LogP contribution in [0.5, 0.6) is 0 Å². The molecule has 1 aromatic heterocycles. The van der Waals surface area contributed by atoms with Gasteiger partial charge in [-0.15, -0.1) is 0 Å². The van der Waals surface area contributed by atoms with Gasteiger partial charge in [-0.05, 0) is 18.2 Å². The molecule has 11 heteroatoms. The van der Waals surface area contributed by atoms with Gasteiger partial charge in [0.2, 0.25) is 0 Å². The number of hydrogen-bond acceptors (Lipinski definition) is 8. The van der Waals surface area contributed by atoms with Crippen LogP contribution in [0.1, 0.15) is 5.76 Å². The first-order valence-electron chi connectivity index (χ1n) is 6.63. The average Bonchev–Trinajstić information content (AvgIpc) is 3.13. The van der Waals surface area contributed by atoms with E-state index in [1.165, 1.54) is 47.4 Å². The van der Waals surface area contributed by atoms with E-state index >= 15 is 0 Å². The molecular formula is C14H7N3O6S2. The number of non-ortho nitro benzene ring substituents is 1. The van der Waals surface area contributed by atoms with Crippen LogP contribution in [0.15, 0.2) is 45.7 Å². The van der Waals surface area contributed by atoms with Gasteiger partial charge in [0.1, 0.15) is 10.7 Å². The van der Waals surface area contributed by atoms with Gasteiger partial charge in [-0.25, -0.2) is 0 Å². The zero-order valence-corrected chi connectivity index (χ0v) is 13.8. The number of nitro groups is 2. The number of thiocarbonyl (C=S) groups is 1. The second-order valence-corrected chi connectivity index (χ2v) is 6.40. The van der Waals surface area contributed by atoms with Crippen molar-refractivity contribution in [3.8, 4) is 0 Å². The molecule has 3 rings (SSSR count). The van der Waals surface area contributed by atoms with Crippen molar-refractivity contribution in [2.45, 2.75) is 0 Å². The van der Waals surface area contributed by atoms with Crippen LogP contribution in [-0.4, -0.2) is 20.1 Å². The number of carbonyl (C=O) groups excluding carboxylic acids is 1. The third-order valence-corrected chi connectivity index (χ3v) is 4.48. The number of thioether (sulfide) groups is 1. The topological polar surface area (TPSA) is 120 Å². The fourth-order valence-corrected chi connectivity index (χ4v) is 3.34. The summed E-state index contributed by atoms with van der Waals surface area (Å²) in [6, 6.07) is 7.94. The van der Waals surface area contributed by atoms with Crippen LogP contribution in [0.3, 0.4) is 0 Å². The number of carbonyl (C=O) groups is 1. The van der Waals surface area contributed by atoms with E-state index in [2.05, 4.69) is 0 Å². The first-order valence-corrected chi connectivity index (χ1v) is 7.86. The predicted molar refractivity (Wildman–Crippen MR) is 94.1 cm³/mol. The van der Waals surface area contributed by atoms with Crippen molar-refractivity contribution in [2.24, 2.45) is 0 Å². The summed E-state index contributed by atoms with van der Waals surface area (Å²) in [7, 11) is 0. The van der Waals surface area contributed by atoms with Crippen molar-refractivity contribution in [1.82, 2.24) is 0 Å². The molecule has 0 bridgehead atoms. The zero-order chi connectivity index (χ0) is 18.1. The fraction of sp³-hybridized carbons (Fsp3) is 0. The maximum Gasteiger partial charge on any atom is 0.433 e. The third-order valence-electron chi connectivity index (χ3n) is 3.18. The second-order valence-electron chi connectivity index (χ2n) is 4.72. The fourth-order valence-electron chi connectivity index (χ4n) is 2.06. The molecule has 1 aliphatic heterocycles. The lowest BCUT2D eigenvalue weighted by atomic mass is 10.2. The number of anilines is 1. The highest BCUT2D eigenvalue weighted by Crippen LogP contribution is 2.36. The maximum atomic E-state index is 12.5. The van der Waals surface area contributed by atoms with Crippen LogP contribution in [0, 0.1) is 20.2 Å². The molecule has 9 nitrogen and oxygen atoms in total. The molecule has 25 heavy (non-hydrogen) atoms. The molecule has 1 saturated heterocycles. The number of furan rings is 1. The molecule has 0 N–H and O–H groups in total. The van der Waals surface area contributed by atoms with Crippen molar-refractivity contribution >= 4 is 57.5 Å². The molecule has 126 valence electrons. The summed E-state index contributed by atoms with van der Waals surface area (Å²) in [5.41, 5.74) is 0.287. The number of rotatable bonds is 4. The highest BCUT2D eigenvalue weighted by molar-refractivity contribution is 8.27. The van der Waals surface area contributed by atoms with Gasteiger partial charge in [0, 0.05) is 18.2 Å². The van der Waals surface area contributed by atoms with E-state index in [1.54, 1.807) is 0 Å². The molecule has 0 saturated carbocycles. The number of nitro benzene ring substituents is 1. The quantitative estimate of drug-likeness (QED) is 0.344. The van der Waals surface area contributed by atoms with Gasteiger partial charge in [0.15, 0.2) is 4.32 Å². The molecule has 0 radical (unpaired) electrons. The lowest BCUT2D eigenvalue weighted by molar-refractivity contribution is -0.402. The molecule has 0 atom stereocenters. The summed E-state index contributed by atoms with van der Waals surface area (Å²) in [4.78, 5) is 34.1. The summed E-state index contributed by atoms with van der Waals surface area (Å²) >= 11 is 6.18. The molecule has 0 spiro atoms. The van der Waals surface area contributed by atoms with Crippen molar-refractivity contribution in [2.75, 3.05) is 4.90 Å². The molecule has 1 fully saturated rings. The second kappa shape index (κ2) is 6.45. The largest absolute Gasteiger partial charge is 0.433 e. The van der Waals surface area contributed by atoms with Crippen LogP contribution in [-0.2, 0) is 4.79 Å². The van der Waals surface area contributed by atoms with Gasteiger partial charge in [-0.3, -0.25) is 29.9 Å². The minimum Gasteiger partial charge on any atom is -0.401 e. The predicted octanol–water partition coefficient (Wildman–Crippen LogP) is 3.50. The van der Waals surface area contributed by atoms with Crippen molar-refractivity contribution in [1.29, 1.82) is 0 Å². The highest BCUT2D eigenvalue weighted by atomic mass is 32.2. The molecule has 1 amide bonds. The zero-order valence-electron chi connectivity index (χ0n) is 12.1. The molecule has 0 unspecified atom stereocenters. The lowest BCUT2D eigenvalue weighted by Crippen LogP contribution is -2.27. The molecule has 1 aromatic carbocycles. The van der Waals surface area contributed by atoms with Crippen molar-refractivity contribution in [3.63, 3.8) is 0 Å². The molecule has 1 aliphatic rings. The van der Waals surface area contributed by atoms with E-state index in [-0.39, 0.29) is 20.7 Å². The average molecular weight is 377 g/mol. The van der Waals surface area contributed by atoms with Gasteiger partial charge < -0.3 is 4.42 Å². The minimum atomic E-state index is -0.681. The van der Waals surface area contributed by atoms with E-state index in [0.29, 0.717) is 5.69 Å². The summed E-state index contributed by atoms with van der Waals surface area (Å²) in [5, 5.41) is 21.3. The van der Waals surface area contributed by atoms with Gasteiger partial charge in [0.05, 0.1) is 21.6 Å². The standard InChI is InChI=1S/C14H7N3O6S2/c18-13-11(7-10-5-6-12(23-10)17(21)22)25-14(24)15(13)8-1-3-9(4-2-8)16(19)20/h1-7H/b11-7+. The summed E-state index contributed by atoms with van der Waals surface area (Å²) in [6.45, 7) is 0. The maximum absolute atomic E-state index is 12.5. The molecule has 2 heterocycles. The van der Waals surface area contributed by atoms with Gasteiger partial charge in [-0.1, -0.05) is 24.0 Å². The Kier molecular flexibility index (Phi) is 4.33. The van der Waals surface area contributed by atoms with Crippen LogP contribution in [0.25, 0.3) is 6.08 Å². The third kappa shape index (κ3) is 3.27. The van der Waals surface area contributed by atoms with Crippen LogP contribution >= 0.6 is 24.0 Å². The Labute approximate surface area is 149 Å². The Morgan fingerprint density at radius 1 is 1.08 bits per heavy atom. The van der Waals surface area contributed by atoms with Crippen LogP contribution in [0.2, 0.25) is 0 Å². The van der Waals surface area contributed by atoms with Crippen LogP contribution < -0.4 is 4.90 Å². The Morgan fingerprint density at radius 3 is 2.32 bits per heavy atom. The van der Waals surface area contributed by atoms with E-state index in [0.717, 1.165) is 11.8 Å². The first kappa shape index (κ1) is 16.8. The molecule has 0 aliphatic carbocycles. The van der Waals surface area contributed by atoms with Crippen molar-refractivity contribution in [3.05, 3.63) is 67.3 Å². The minimum absolute atomic E-state index is 0.104. The number of nitrogens with zero attached hydrogens (tertiary/aromatic N) is 3. The monoisotopic (exact) mass is 377 g/mol. The van der Waals surface area contributed by atoms with Crippen molar-refractivity contribution < 1.29 is 19.1 Å². The Hall–Kier alpha value is -3.05. The summed E-state index contributed by atoms with van der Waals surface area (Å²) < 4.78 is 5.24. The smallest absolute Gasteiger partial charge is 0.401 e. The lowest BCUT2D eigenvalue weighted by Gasteiger charge is -2.13. The molecular weight excluding hydrogens is 370 g/mol. The van der Waals surface area contributed by atoms with E-state index in [4.69, 9.17) is 16.6 Å². The molecule has 2 aromatic rings. The number of amides is 1. The number of hydrogen-bond donors (Lipinski definition) is 0. The van der Waals surface area contributed by atoms with E-state index in [1.807, 2.05) is 0 Å². The summed E-state index contributed by atoms with van der Waals surface area (Å²) in [5.74, 6) is -0.726. The normalized spacial score (nSPS) is 15.8. The summed E-state index contributed by atoms with van der Waals surface area (Å²) in [6.07, 6.45) is 1.36.